The molecule has 78 valence electrons. The number of unbranched alkanes of at least 4 members (excludes halogenated alkanes) is 1. The molecule has 0 saturated carbocycles. The highest BCUT2D eigenvalue weighted by molar-refractivity contribution is 5.67. The third-order valence-electron chi connectivity index (χ3n) is 2.93. The number of hydrogen-bond acceptors (Lipinski definition) is 1. The van der Waals surface area contributed by atoms with Crippen molar-refractivity contribution in [2.75, 3.05) is 0 Å². The smallest absolute Gasteiger partial charge is 0.303 e. The highest BCUT2D eigenvalue weighted by Crippen LogP contribution is 2.33. The van der Waals surface area contributed by atoms with E-state index in [-0.39, 0.29) is 11.8 Å². The first-order valence-corrected chi connectivity index (χ1v) is 5.12. The Morgan fingerprint density at radius 2 is 2.00 bits per heavy atom. The molecule has 1 N–H and O–H groups in total. The SMILES string of the molecule is CCCCC(C)C(C)(C)CC(=O)O. The maximum Gasteiger partial charge on any atom is 0.303 e. The van der Waals surface area contributed by atoms with Gasteiger partial charge >= 0.3 is 5.97 Å². The summed E-state index contributed by atoms with van der Waals surface area (Å²) < 4.78 is 0. The van der Waals surface area contributed by atoms with Crippen LogP contribution < -0.4 is 0 Å². The van der Waals surface area contributed by atoms with E-state index in [2.05, 4.69) is 13.8 Å². The molecule has 0 aliphatic heterocycles. The molecular weight excluding hydrogens is 164 g/mol. The summed E-state index contributed by atoms with van der Waals surface area (Å²) in [4.78, 5) is 10.6. The molecule has 1 unspecified atom stereocenters. The summed E-state index contributed by atoms with van der Waals surface area (Å²) in [5, 5.41) is 8.72. The van der Waals surface area contributed by atoms with Crippen LogP contribution in [0.3, 0.4) is 0 Å². The van der Waals surface area contributed by atoms with Crippen LogP contribution in [0.25, 0.3) is 0 Å². The van der Waals surface area contributed by atoms with E-state index in [1.165, 1.54) is 12.8 Å². The molecule has 0 aromatic rings. The van der Waals surface area contributed by atoms with E-state index in [0.717, 1.165) is 6.42 Å². The van der Waals surface area contributed by atoms with E-state index in [1.807, 2.05) is 13.8 Å². The van der Waals surface area contributed by atoms with Gasteiger partial charge < -0.3 is 5.11 Å². The van der Waals surface area contributed by atoms with E-state index in [9.17, 15) is 4.79 Å². The molecule has 0 saturated heterocycles. The lowest BCUT2D eigenvalue weighted by Gasteiger charge is -2.30. The lowest BCUT2D eigenvalue weighted by Crippen LogP contribution is -2.25. The van der Waals surface area contributed by atoms with Gasteiger partial charge in [-0.15, -0.1) is 0 Å². The minimum atomic E-state index is -0.687. The fourth-order valence-electron chi connectivity index (χ4n) is 1.47. The molecule has 0 radical (unpaired) electrons. The molecule has 0 aliphatic rings. The van der Waals surface area contributed by atoms with Gasteiger partial charge in [0.05, 0.1) is 6.42 Å². The van der Waals surface area contributed by atoms with Crippen molar-refractivity contribution in [3.05, 3.63) is 0 Å². The number of rotatable bonds is 6. The van der Waals surface area contributed by atoms with E-state index in [4.69, 9.17) is 5.11 Å². The van der Waals surface area contributed by atoms with Gasteiger partial charge in [-0.1, -0.05) is 47.0 Å². The maximum atomic E-state index is 10.6. The Balaban J connectivity index is 4.01. The zero-order chi connectivity index (χ0) is 10.5. The van der Waals surface area contributed by atoms with Gasteiger partial charge in [0, 0.05) is 0 Å². The molecule has 0 heterocycles. The Labute approximate surface area is 81.3 Å². The van der Waals surface area contributed by atoms with Crippen molar-refractivity contribution in [3.8, 4) is 0 Å². The number of carboxylic acid groups (broad SMARTS) is 1. The minimum absolute atomic E-state index is 0.0684. The first-order valence-electron chi connectivity index (χ1n) is 5.12. The van der Waals surface area contributed by atoms with Gasteiger partial charge in [-0.2, -0.15) is 0 Å². The van der Waals surface area contributed by atoms with Crippen molar-refractivity contribution in [3.63, 3.8) is 0 Å². The first-order chi connectivity index (χ1) is 5.90. The molecule has 0 rings (SSSR count). The summed E-state index contributed by atoms with van der Waals surface area (Å²) in [7, 11) is 0. The van der Waals surface area contributed by atoms with Crippen LogP contribution in [0.15, 0.2) is 0 Å². The summed E-state index contributed by atoms with van der Waals surface area (Å²) >= 11 is 0. The fraction of sp³-hybridized carbons (Fsp3) is 0.909. The van der Waals surface area contributed by atoms with Gasteiger partial charge in [-0.05, 0) is 11.3 Å². The molecule has 0 amide bonds. The minimum Gasteiger partial charge on any atom is -0.481 e. The largest absolute Gasteiger partial charge is 0.481 e. The van der Waals surface area contributed by atoms with Crippen LogP contribution in [0.4, 0.5) is 0 Å². The van der Waals surface area contributed by atoms with Crippen LogP contribution in [-0.2, 0) is 4.79 Å². The van der Waals surface area contributed by atoms with Gasteiger partial charge in [0.25, 0.3) is 0 Å². The Kier molecular flexibility index (Phi) is 5.04. The Hall–Kier alpha value is -0.530. The second kappa shape index (κ2) is 5.25. The molecule has 0 fully saturated rings. The third kappa shape index (κ3) is 4.91. The molecule has 0 aliphatic carbocycles. The van der Waals surface area contributed by atoms with Crippen molar-refractivity contribution in [1.29, 1.82) is 0 Å². The van der Waals surface area contributed by atoms with Crippen LogP contribution in [-0.4, -0.2) is 11.1 Å². The summed E-state index contributed by atoms with van der Waals surface area (Å²) in [6.07, 6.45) is 3.80. The Morgan fingerprint density at radius 1 is 1.46 bits per heavy atom. The maximum absolute atomic E-state index is 10.6. The molecular formula is C11H22O2. The lowest BCUT2D eigenvalue weighted by atomic mass is 9.75. The van der Waals surface area contributed by atoms with Crippen molar-refractivity contribution >= 4 is 5.97 Å². The van der Waals surface area contributed by atoms with Crippen molar-refractivity contribution in [2.45, 2.75) is 53.4 Å². The molecule has 1 atom stereocenters. The average Bonchev–Trinajstić information content (AvgIpc) is 1.97. The van der Waals surface area contributed by atoms with E-state index >= 15 is 0 Å². The predicted octanol–water partition coefficient (Wildman–Crippen LogP) is 3.31. The van der Waals surface area contributed by atoms with Gasteiger partial charge in [0.15, 0.2) is 0 Å². The third-order valence-corrected chi connectivity index (χ3v) is 2.93. The van der Waals surface area contributed by atoms with E-state index < -0.39 is 5.97 Å². The monoisotopic (exact) mass is 186 g/mol. The first kappa shape index (κ1) is 12.5. The highest BCUT2D eigenvalue weighted by atomic mass is 16.4. The Morgan fingerprint density at radius 3 is 2.38 bits per heavy atom. The number of aliphatic carboxylic acids is 1. The van der Waals surface area contributed by atoms with Crippen LogP contribution >= 0.6 is 0 Å². The van der Waals surface area contributed by atoms with Crippen molar-refractivity contribution in [2.24, 2.45) is 11.3 Å². The molecule has 0 spiro atoms. The number of hydrogen-bond donors (Lipinski definition) is 1. The predicted molar refractivity (Wildman–Crippen MR) is 54.7 cm³/mol. The van der Waals surface area contributed by atoms with Crippen LogP contribution in [0.1, 0.15) is 53.4 Å². The topological polar surface area (TPSA) is 37.3 Å². The molecule has 0 aromatic carbocycles. The van der Waals surface area contributed by atoms with Crippen molar-refractivity contribution in [1.82, 2.24) is 0 Å². The van der Waals surface area contributed by atoms with Crippen LogP contribution in [0.2, 0.25) is 0 Å². The summed E-state index contributed by atoms with van der Waals surface area (Å²) in [5.74, 6) is -0.197. The molecule has 0 aromatic heterocycles. The van der Waals surface area contributed by atoms with Crippen LogP contribution in [0.5, 0.6) is 0 Å². The molecule has 2 nitrogen and oxygen atoms in total. The Bertz CT molecular complexity index is 161. The zero-order valence-corrected chi connectivity index (χ0v) is 9.26. The highest BCUT2D eigenvalue weighted by Gasteiger charge is 2.27. The fourth-order valence-corrected chi connectivity index (χ4v) is 1.47. The summed E-state index contributed by atoms with van der Waals surface area (Å²) in [6.45, 7) is 8.40. The molecule has 0 bridgehead atoms. The van der Waals surface area contributed by atoms with E-state index in [0.29, 0.717) is 5.92 Å². The van der Waals surface area contributed by atoms with E-state index in [1.54, 1.807) is 0 Å². The van der Waals surface area contributed by atoms with Crippen LogP contribution in [0, 0.1) is 11.3 Å². The second-order valence-electron chi connectivity index (χ2n) is 4.60. The van der Waals surface area contributed by atoms with Gasteiger partial charge in [0.2, 0.25) is 0 Å². The van der Waals surface area contributed by atoms with Gasteiger partial charge in [-0.25, -0.2) is 0 Å². The second-order valence-corrected chi connectivity index (χ2v) is 4.60. The number of carbonyl (C=O) groups is 1. The van der Waals surface area contributed by atoms with Gasteiger partial charge in [0.1, 0.15) is 0 Å². The number of carboxylic acids is 1. The standard InChI is InChI=1S/C11H22O2/c1-5-6-7-9(2)11(3,4)8-10(12)13/h9H,5-8H2,1-4H3,(H,12,13). The van der Waals surface area contributed by atoms with Crippen molar-refractivity contribution < 1.29 is 9.90 Å². The summed E-state index contributed by atoms with van der Waals surface area (Å²) in [6, 6.07) is 0. The molecule has 13 heavy (non-hydrogen) atoms. The normalized spacial score (nSPS) is 14.2. The average molecular weight is 186 g/mol. The van der Waals surface area contributed by atoms with Gasteiger partial charge in [-0.3, -0.25) is 4.79 Å². The zero-order valence-electron chi connectivity index (χ0n) is 9.26. The molecule has 2 heteroatoms. The lowest BCUT2D eigenvalue weighted by molar-refractivity contribution is -0.140. The summed E-state index contributed by atoms with van der Waals surface area (Å²) in [5.41, 5.74) is -0.0684. The quantitative estimate of drug-likeness (QED) is 0.691.